The van der Waals surface area contributed by atoms with Crippen molar-refractivity contribution >= 4 is 17.6 Å². The summed E-state index contributed by atoms with van der Waals surface area (Å²) in [4.78, 5) is 25.5. The Bertz CT molecular complexity index is 1020. The summed E-state index contributed by atoms with van der Waals surface area (Å²) < 4.78 is 12.9. The van der Waals surface area contributed by atoms with Crippen LogP contribution in [0.1, 0.15) is 80.5 Å². The number of hydrogen-bond donors (Lipinski definition) is 3. The molecule has 0 radical (unpaired) electrons. The van der Waals surface area contributed by atoms with Crippen LogP contribution in [0.5, 0.6) is 0 Å². The zero-order valence-electron chi connectivity index (χ0n) is 21.3. The number of nitrogens with one attached hydrogen (secondary N) is 1. The number of aliphatic hydroxyl groups excluding tert-OH is 1. The average Bonchev–Trinajstić information content (AvgIpc) is 2.91. The molecule has 2 aromatic carbocycles. The summed E-state index contributed by atoms with van der Waals surface area (Å²) in [6.07, 6.45) is 5.11. The quantitative estimate of drug-likeness (QED) is 0.373. The van der Waals surface area contributed by atoms with Gasteiger partial charge in [0, 0.05) is 37.1 Å². The molecule has 2 aliphatic heterocycles. The molecule has 0 bridgehead atoms. The fourth-order valence-electron chi connectivity index (χ4n) is 5.01. The molecule has 3 atom stereocenters. The van der Waals surface area contributed by atoms with E-state index in [4.69, 9.17) is 14.6 Å². The number of piperidine rings is 1. The van der Waals surface area contributed by atoms with Crippen molar-refractivity contribution in [2.24, 2.45) is 0 Å². The van der Waals surface area contributed by atoms with Crippen LogP contribution in [0, 0.1) is 0 Å². The van der Waals surface area contributed by atoms with Gasteiger partial charge in [-0.3, -0.25) is 9.59 Å². The van der Waals surface area contributed by atoms with E-state index in [1.807, 2.05) is 48.5 Å². The van der Waals surface area contributed by atoms with Crippen LogP contribution >= 0.6 is 0 Å². The lowest BCUT2D eigenvalue weighted by molar-refractivity contribution is -0.253. The van der Waals surface area contributed by atoms with Crippen molar-refractivity contribution in [2.75, 3.05) is 25.0 Å². The zero-order chi connectivity index (χ0) is 26.0. The van der Waals surface area contributed by atoms with Crippen molar-refractivity contribution in [3.05, 3.63) is 65.2 Å². The number of benzene rings is 2. The van der Waals surface area contributed by atoms with Crippen LogP contribution in [-0.4, -0.2) is 52.7 Å². The molecule has 8 nitrogen and oxygen atoms in total. The van der Waals surface area contributed by atoms with E-state index >= 15 is 0 Å². The molecule has 2 aromatic rings. The maximum Gasteiger partial charge on any atom is 0.303 e. The number of nitrogens with zero attached hydrogens (tertiary/aromatic N) is 1. The maximum atomic E-state index is 12.4. The largest absolute Gasteiger partial charge is 0.481 e. The summed E-state index contributed by atoms with van der Waals surface area (Å²) >= 11 is 0. The number of aliphatic carboxylic acids is 1. The van der Waals surface area contributed by atoms with Crippen molar-refractivity contribution in [1.29, 1.82) is 0 Å². The lowest BCUT2D eigenvalue weighted by atomic mass is 9.99. The van der Waals surface area contributed by atoms with Gasteiger partial charge < -0.3 is 29.9 Å². The fraction of sp³-hybridized carbons (Fsp3) is 0.517. The molecule has 0 spiro atoms. The van der Waals surface area contributed by atoms with Gasteiger partial charge in [-0.05, 0) is 62.0 Å². The highest BCUT2D eigenvalue weighted by Crippen LogP contribution is 2.38. The number of rotatable bonds is 11. The molecule has 200 valence electrons. The van der Waals surface area contributed by atoms with Gasteiger partial charge in [0.05, 0.1) is 18.8 Å². The molecule has 2 aliphatic rings. The number of carboxylic acid groups (broad SMARTS) is 1. The molecular formula is C29H38N2O6. The predicted molar refractivity (Wildman–Crippen MR) is 140 cm³/mol. The van der Waals surface area contributed by atoms with Crippen LogP contribution in [0.3, 0.4) is 0 Å². The minimum atomic E-state index is -0.846. The normalized spacial score (nSPS) is 22.5. The Balaban J connectivity index is 1.44. The van der Waals surface area contributed by atoms with Gasteiger partial charge in [-0.1, -0.05) is 42.8 Å². The van der Waals surface area contributed by atoms with Crippen LogP contribution < -0.4 is 5.32 Å². The number of aliphatic hydroxyl groups is 1. The van der Waals surface area contributed by atoms with Crippen molar-refractivity contribution < 1.29 is 29.3 Å². The van der Waals surface area contributed by atoms with Gasteiger partial charge in [-0.15, -0.1) is 0 Å². The molecule has 37 heavy (non-hydrogen) atoms. The Morgan fingerprint density at radius 1 is 0.946 bits per heavy atom. The van der Waals surface area contributed by atoms with Gasteiger partial charge in [0.25, 0.3) is 0 Å². The molecule has 0 unspecified atom stereocenters. The summed E-state index contributed by atoms with van der Waals surface area (Å²) in [5, 5.41) is 21.1. The molecule has 3 N–H and O–H groups in total. The lowest BCUT2D eigenvalue weighted by Gasteiger charge is -2.39. The highest BCUT2D eigenvalue weighted by Gasteiger charge is 2.33. The second-order valence-corrected chi connectivity index (χ2v) is 9.99. The summed E-state index contributed by atoms with van der Waals surface area (Å²) in [6, 6.07) is 15.4. The predicted octanol–water partition coefficient (Wildman–Crippen LogP) is 4.79. The Hall–Kier alpha value is -2.78. The molecule has 0 aromatic heterocycles. The molecule has 0 aliphatic carbocycles. The third-order valence-electron chi connectivity index (χ3n) is 7.01. The highest BCUT2D eigenvalue weighted by atomic mass is 16.7. The fourth-order valence-corrected chi connectivity index (χ4v) is 5.01. The number of unbranched alkanes of at least 4 members (excludes halogenated alkanes) is 1. The Morgan fingerprint density at radius 2 is 1.70 bits per heavy atom. The molecule has 4 rings (SSSR count). The molecule has 2 heterocycles. The molecular weight excluding hydrogens is 472 g/mol. The first-order valence-corrected chi connectivity index (χ1v) is 13.3. The summed E-state index contributed by atoms with van der Waals surface area (Å²) in [5.41, 5.74) is 3.42. The van der Waals surface area contributed by atoms with Crippen LogP contribution in [0.15, 0.2) is 48.5 Å². The first-order valence-electron chi connectivity index (χ1n) is 13.3. The SMILES string of the molecule is O=C(O)CCCCC(=O)Nc1cccc([C@@H]2O[C@H](CN3CCCCC3)C[C@H](c3ccc(CO)cc3)O2)c1. The number of carboxylic acids is 1. The zero-order valence-corrected chi connectivity index (χ0v) is 21.3. The van der Waals surface area contributed by atoms with Crippen LogP contribution in [0.4, 0.5) is 5.69 Å². The number of ether oxygens (including phenoxy) is 2. The van der Waals surface area contributed by atoms with E-state index in [1.54, 1.807) is 0 Å². The van der Waals surface area contributed by atoms with Crippen molar-refractivity contribution in [2.45, 2.75) is 76.5 Å². The first kappa shape index (κ1) is 27.3. The third kappa shape index (κ3) is 8.36. The van der Waals surface area contributed by atoms with Crippen LogP contribution in [0.25, 0.3) is 0 Å². The van der Waals surface area contributed by atoms with Gasteiger partial charge in [0.1, 0.15) is 0 Å². The number of amides is 1. The lowest BCUT2D eigenvalue weighted by Crippen LogP contribution is -2.41. The number of likely N-dealkylation sites (tertiary alicyclic amines) is 1. The number of carbonyl (C=O) groups is 2. The van der Waals surface area contributed by atoms with E-state index in [0.717, 1.165) is 42.7 Å². The van der Waals surface area contributed by atoms with Gasteiger partial charge in [0.15, 0.2) is 6.29 Å². The van der Waals surface area contributed by atoms with E-state index in [9.17, 15) is 14.7 Å². The number of anilines is 1. The molecule has 0 saturated carbocycles. The van der Waals surface area contributed by atoms with Gasteiger partial charge >= 0.3 is 5.97 Å². The minimum absolute atomic E-state index is 0.00634. The molecule has 2 saturated heterocycles. The average molecular weight is 511 g/mol. The van der Waals surface area contributed by atoms with Gasteiger partial charge in [0.2, 0.25) is 5.91 Å². The number of hydrogen-bond acceptors (Lipinski definition) is 6. The first-order chi connectivity index (χ1) is 18.0. The van der Waals surface area contributed by atoms with E-state index < -0.39 is 12.3 Å². The summed E-state index contributed by atoms with van der Waals surface area (Å²) in [5.74, 6) is -0.986. The molecule has 2 fully saturated rings. The van der Waals surface area contributed by atoms with Crippen molar-refractivity contribution in [3.8, 4) is 0 Å². The van der Waals surface area contributed by atoms with Crippen molar-refractivity contribution in [1.82, 2.24) is 4.90 Å². The van der Waals surface area contributed by atoms with Gasteiger partial charge in [-0.25, -0.2) is 0 Å². The monoisotopic (exact) mass is 510 g/mol. The van der Waals surface area contributed by atoms with Crippen LogP contribution in [-0.2, 0) is 25.7 Å². The van der Waals surface area contributed by atoms with Crippen molar-refractivity contribution in [3.63, 3.8) is 0 Å². The van der Waals surface area contributed by atoms with E-state index in [2.05, 4.69) is 10.2 Å². The molecule has 8 heteroatoms. The Morgan fingerprint density at radius 3 is 2.43 bits per heavy atom. The van der Waals surface area contributed by atoms with E-state index in [-0.39, 0.29) is 37.6 Å². The topological polar surface area (TPSA) is 108 Å². The molecule has 1 amide bonds. The Kier molecular flexibility index (Phi) is 10.1. The van der Waals surface area contributed by atoms with E-state index in [1.165, 1.54) is 19.3 Å². The van der Waals surface area contributed by atoms with Crippen LogP contribution in [0.2, 0.25) is 0 Å². The standard InChI is InChI=1S/C29H38N2O6/c32-20-21-11-13-22(14-12-21)26-18-25(19-31-15-4-1-5-16-31)36-29(37-26)23-7-6-8-24(17-23)30-27(33)9-2-3-10-28(34)35/h6-8,11-14,17,25-26,29,32H,1-5,9-10,15-16,18-20H2,(H,30,33)(H,34,35)/t25-,26+,29+/m0/s1. The second kappa shape index (κ2) is 13.7. The minimum Gasteiger partial charge on any atom is -0.481 e. The smallest absolute Gasteiger partial charge is 0.303 e. The second-order valence-electron chi connectivity index (χ2n) is 9.99. The Labute approximate surface area is 218 Å². The summed E-state index contributed by atoms with van der Waals surface area (Å²) in [6.45, 7) is 3.05. The number of carbonyl (C=O) groups excluding carboxylic acids is 1. The summed E-state index contributed by atoms with van der Waals surface area (Å²) in [7, 11) is 0. The van der Waals surface area contributed by atoms with Gasteiger partial charge in [-0.2, -0.15) is 0 Å². The third-order valence-corrected chi connectivity index (χ3v) is 7.01. The van der Waals surface area contributed by atoms with E-state index in [0.29, 0.717) is 18.5 Å². The maximum absolute atomic E-state index is 12.4. The highest BCUT2D eigenvalue weighted by molar-refractivity contribution is 5.90.